The van der Waals surface area contributed by atoms with Crippen LogP contribution in [0.15, 0.2) is 65.5 Å². The van der Waals surface area contributed by atoms with E-state index in [9.17, 15) is 29.1 Å². The van der Waals surface area contributed by atoms with Gasteiger partial charge in [-0.2, -0.15) is 0 Å². The second kappa shape index (κ2) is 24.8. The highest BCUT2D eigenvalue weighted by Gasteiger charge is 2.41. The summed E-state index contributed by atoms with van der Waals surface area (Å²) in [5.74, 6) is -1.34. The number of aliphatic hydroxyl groups excluding tert-OH is 1. The number of hydrogen-bond donors (Lipinski definition) is 4. The third-order valence-corrected chi connectivity index (χ3v) is 13.9. The zero-order chi connectivity index (χ0) is 48.0. The standard InChI is InChI=1S/C53H72N6O9/c1-36(42(24-27-47(54)60)55-52(64)46-34-41-17-9-15-40-16-10-18-49(62)59(46)50(40)41)68-35-39-21-19-37(20-22-39)13-11-31-66-29-7-5-3-4-6-8-30-67-32-12-14-38-23-25-43-45(33-38)57(2)53(65)58(43)44-26-28-48(61)56-51(44)63/h9,15,17,19-23,25,33,36,42,44,46,49,62H,3-8,10-14,16,18,24,26-32,34-35H2,1-2H3,(H2,54,60)(H,55,64)(H,56,61,63)/t36-,42+,44?,46+,49?/m1/s1. The molecule has 3 aliphatic rings. The average molecular weight is 937 g/mol. The van der Waals surface area contributed by atoms with E-state index in [0.717, 1.165) is 112 Å². The van der Waals surface area contributed by atoms with Crippen LogP contribution in [0, 0.1) is 0 Å². The SMILES string of the molecule is C[C@@H](OCc1ccc(CCCOCCCCCCCCOCCCc2ccc3c(c2)n(C)c(=O)n3C2CCC(=O)NC2=O)cc1)[C@H](CCC(N)=O)NC(=O)[C@@H]1Cc2cccc3c2N1C(O)CCC3. The second-order valence-corrected chi connectivity index (χ2v) is 18.9. The molecule has 4 aromatic rings. The van der Waals surface area contributed by atoms with Crippen LogP contribution in [-0.2, 0) is 72.7 Å². The molecule has 1 aromatic heterocycles. The van der Waals surface area contributed by atoms with Crippen molar-refractivity contribution in [3.8, 4) is 0 Å². The van der Waals surface area contributed by atoms with Crippen LogP contribution in [0.5, 0.6) is 0 Å². The third-order valence-electron chi connectivity index (χ3n) is 13.9. The van der Waals surface area contributed by atoms with E-state index in [1.807, 2.05) is 42.2 Å². The van der Waals surface area contributed by atoms with Gasteiger partial charge in [-0.3, -0.25) is 33.6 Å². The lowest BCUT2D eigenvalue weighted by Crippen LogP contribution is -2.54. The molecule has 4 heterocycles. The number of imidazole rings is 1. The number of fused-ring (bicyclic) bond motifs is 1. The molecule has 0 radical (unpaired) electrons. The quantitative estimate of drug-likeness (QED) is 0.0407. The molecule has 15 nitrogen and oxygen atoms in total. The predicted octanol–water partition coefficient (Wildman–Crippen LogP) is 6.00. The average Bonchev–Trinajstić information content (AvgIpc) is 3.77. The lowest BCUT2D eigenvalue weighted by Gasteiger charge is -2.33. The molecule has 3 aromatic carbocycles. The predicted molar refractivity (Wildman–Crippen MR) is 261 cm³/mol. The van der Waals surface area contributed by atoms with Crippen LogP contribution in [0.25, 0.3) is 11.0 Å². The highest BCUT2D eigenvalue weighted by Crippen LogP contribution is 2.40. The van der Waals surface area contributed by atoms with Gasteiger partial charge in [-0.25, -0.2) is 4.79 Å². The van der Waals surface area contributed by atoms with Gasteiger partial charge in [-0.05, 0) is 118 Å². The fourth-order valence-corrected chi connectivity index (χ4v) is 10.0. The Labute approximate surface area is 400 Å². The molecule has 5 N–H and O–H groups in total. The Bertz CT molecular complexity index is 2400. The van der Waals surface area contributed by atoms with Gasteiger partial charge in [0.15, 0.2) is 0 Å². The Balaban J connectivity index is 0.703. The Morgan fingerprint density at radius 1 is 0.809 bits per heavy atom. The molecule has 4 amide bonds. The van der Waals surface area contributed by atoms with Crippen LogP contribution in [0.1, 0.15) is 131 Å². The molecule has 68 heavy (non-hydrogen) atoms. The van der Waals surface area contributed by atoms with Gasteiger partial charge in [0.1, 0.15) is 18.3 Å². The highest BCUT2D eigenvalue weighted by atomic mass is 16.5. The summed E-state index contributed by atoms with van der Waals surface area (Å²) < 4.78 is 21.2. The van der Waals surface area contributed by atoms with Gasteiger partial charge in [0.2, 0.25) is 23.6 Å². The van der Waals surface area contributed by atoms with Crippen molar-refractivity contribution >= 4 is 40.3 Å². The van der Waals surface area contributed by atoms with Crippen molar-refractivity contribution in [2.45, 2.75) is 160 Å². The molecule has 3 aliphatic heterocycles. The van der Waals surface area contributed by atoms with Gasteiger partial charge in [0, 0.05) is 58.4 Å². The van der Waals surface area contributed by atoms with Crippen molar-refractivity contribution in [1.82, 2.24) is 19.8 Å². The number of nitrogens with two attached hydrogens (primary N) is 1. The van der Waals surface area contributed by atoms with Crippen LogP contribution in [0.2, 0.25) is 0 Å². The Morgan fingerprint density at radius 3 is 2.16 bits per heavy atom. The zero-order valence-corrected chi connectivity index (χ0v) is 40.1. The van der Waals surface area contributed by atoms with Crippen molar-refractivity contribution in [2.24, 2.45) is 12.8 Å². The van der Waals surface area contributed by atoms with Gasteiger partial charge >= 0.3 is 5.69 Å². The minimum absolute atomic E-state index is 0.128. The summed E-state index contributed by atoms with van der Waals surface area (Å²) >= 11 is 0. The number of nitrogens with one attached hydrogen (secondary N) is 2. The summed E-state index contributed by atoms with van der Waals surface area (Å²) in [6.45, 7) is 5.23. The van der Waals surface area contributed by atoms with Crippen molar-refractivity contribution < 1.29 is 38.5 Å². The normalized spacial score (nSPS) is 18.9. The number of primary amides is 1. The van der Waals surface area contributed by atoms with E-state index in [-0.39, 0.29) is 36.4 Å². The number of amides is 4. The molecular weight excluding hydrogens is 865 g/mol. The van der Waals surface area contributed by atoms with Gasteiger partial charge in [0.05, 0.1) is 29.8 Å². The second-order valence-electron chi connectivity index (χ2n) is 18.9. The number of ether oxygens (including phenoxy) is 3. The summed E-state index contributed by atoms with van der Waals surface area (Å²) in [6.07, 6.45) is 13.2. The number of aryl methyl sites for hydroxylation is 4. The molecule has 0 saturated carbocycles. The minimum atomic E-state index is -0.727. The molecular formula is C53H72N6O9. The van der Waals surface area contributed by atoms with E-state index >= 15 is 0 Å². The van der Waals surface area contributed by atoms with Crippen LogP contribution in [-0.4, -0.2) is 88.7 Å². The molecule has 368 valence electrons. The summed E-state index contributed by atoms with van der Waals surface area (Å²) in [5.41, 5.74) is 13.4. The molecule has 5 atom stereocenters. The maximum absolute atomic E-state index is 13.8. The summed E-state index contributed by atoms with van der Waals surface area (Å²) in [4.78, 5) is 64.6. The van der Waals surface area contributed by atoms with E-state index in [2.05, 4.69) is 41.0 Å². The number of piperidine rings is 1. The number of imide groups is 1. The van der Waals surface area contributed by atoms with Crippen LogP contribution in [0.4, 0.5) is 5.69 Å². The number of carbonyl (C=O) groups excluding carboxylic acids is 4. The Hall–Kier alpha value is -5.35. The third kappa shape index (κ3) is 13.2. The monoisotopic (exact) mass is 937 g/mol. The van der Waals surface area contributed by atoms with Crippen molar-refractivity contribution in [2.75, 3.05) is 31.3 Å². The summed E-state index contributed by atoms with van der Waals surface area (Å²) in [7, 11) is 1.72. The molecule has 2 unspecified atom stereocenters. The molecule has 1 saturated heterocycles. The number of anilines is 1. The van der Waals surface area contributed by atoms with E-state index in [0.29, 0.717) is 44.4 Å². The summed E-state index contributed by atoms with van der Waals surface area (Å²) in [6, 6.07) is 18.8. The molecule has 0 spiro atoms. The van der Waals surface area contributed by atoms with E-state index < -0.39 is 36.2 Å². The van der Waals surface area contributed by atoms with Gasteiger partial charge < -0.3 is 35.3 Å². The Morgan fingerprint density at radius 2 is 1.46 bits per heavy atom. The molecule has 0 aliphatic carbocycles. The first kappa shape index (κ1) is 50.5. The maximum Gasteiger partial charge on any atom is 0.329 e. The number of aliphatic hydroxyl groups is 1. The van der Waals surface area contributed by atoms with Crippen LogP contribution in [0.3, 0.4) is 0 Å². The fraction of sp³-hybridized carbons (Fsp3) is 0.566. The number of hydrogen-bond acceptors (Lipinski definition) is 10. The van der Waals surface area contributed by atoms with Crippen molar-refractivity contribution in [1.29, 1.82) is 0 Å². The first-order valence-corrected chi connectivity index (χ1v) is 25.0. The largest absolute Gasteiger partial charge is 0.381 e. The lowest BCUT2D eigenvalue weighted by molar-refractivity contribution is -0.135. The first-order valence-electron chi connectivity index (χ1n) is 25.0. The van der Waals surface area contributed by atoms with Crippen LogP contribution < -0.4 is 27.0 Å². The van der Waals surface area contributed by atoms with Crippen LogP contribution >= 0.6 is 0 Å². The van der Waals surface area contributed by atoms with E-state index in [1.165, 1.54) is 28.5 Å². The highest BCUT2D eigenvalue weighted by molar-refractivity contribution is 6.00. The summed E-state index contributed by atoms with van der Waals surface area (Å²) in [5, 5.41) is 16.6. The molecule has 0 bridgehead atoms. The smallest absolute Gasteiger partial charge is 0.329 e. The van der Waals surface area contributed by atoms with Crippen molar-refractivity contribution in [3.05, 3.63) is 99.0 Å². The lowest BCUT2D eigenvalue weighted by atomic mass is 10.0. The molecule has 15 heteroatoms. The number of rotatable bonds is 27. The van der Waals surface area contributed by atoms with Crippen molar-refractivity contribution in [3.63, 3.8) is 0 Å². The van der Waals surface area contributed by atoms with E-state index in [4.69, 9.17) is 19.9 Å². The number of unbranched alkanes of at least 4 members (excludes halogenated alkanes) is 5. The number of nitrogens with zero attached hydrogens (tertiary/aromatic N) is 3. The Kier molecular flexibility index (Phi) is 18.4. The van der Waals surface area contributed by atoms with Gasteiger partial charge in [-0.1, -0.05) is 74.2 Å². The van der Waals surface area contributed by atoms with E-state index in [1.54, 1.807) is 11.6 Å². The molecule has 1 fully saturated rings. The number of aromatic nitrogens is 2. The number of carbonyl (C=O) groups is 4. The molecule has 7 rings (SSSR count). The minimum Gasteiger partial charge on any atom is -0.381 e. The first-order chi connectivity index (χ1) is 33.0. The van der Waals surface area contributed by atoms with Gasteiger partial charge in [-0.15, -0.1) is 0 Å². The number of para-hydroxylation sites is 1. The maximum atomic E-state index is 13.8. The topological polar surface area (TPSA) is 196 Å². The fourth-order valence-electron chi connectivity index (χ4n) is 10.0. The van der Waals surface area contributed by atoms with Gasteiger partial charge in [0.25, 0.3) is 0 Å². The number of benzene rings is 3. The zero-order valence-electron chi connectivity index (χ0n) is 40.1.